The van der Waals surface area contributed by atoms with E-state index in [0.29, 0.717) is 33.7 Å². The van der Waals surface area contributed by atoms with Crippen LogP contribution in [-0.4, -0.2) is 34.6 Å². The lowest BCUT2D eigenvalue weighted by Crippen LogP contribution is -2.32. The average molecular weight is 607 g/mol. The molecule has 0 radical (unpaired) electrons. The lowest BCUT2D eigenvalue weighted by molar-refractivity contribution is -0.122. The summed E-state index contributed by atoms with van der Waals surface area (Å²) >= 11 is 8.34. The van der Waals surface area contributed by atoms with Gasteiger partial charge >= 0.3 is 10.8 Å². The smallest absolute Gasteiger partial charge is 0.338 e. The molecule has 0 saturated carbocycles. The molecule has 1 aromatic heterocycles. The van der Waals surface area contributed by atoms with Crippen molar-refractivity contribution in [3.63, 3.8) is 0 Å². The lowest BCUT2D eigenvalue weighted by Gasteiger charge is -2.29. The maximum absolute atomic E-state index is 13.9. The number of aromatic amines is 1. The predicted octanol–water partition coefficient (Wildman–Crippen LogP) is 5.64. The highest BCUT2D eigenvalue weighted by Crippen LogP contribution is 2.53. The highest BCUT2D eigenvalue weighted by molar-refractivity contribution is 8.00. The highest BCUT2D eigenvalue weighted by atomic mass is 35.5. The largest absolute Gasteiger partial charge is 0.489 e. The van der Waals surface area contributed by atoms with E-state index >= 15 is 0 Å². The van der Waals surface area contributed by atoms with Crippen LogP contribution in [-0.2, 0) is 20.9 Å². The Morgan fingerprint density at radius 1 is 1.00 bits per heavy atom. The molecule has 8 nitrogen and oxygen atoms in total. The number of imide groups is 1. The van der Waals surface area contributed by atoms with Crippen molar-refractivity contribution >= 4 is 58.2 Å². The number of rotatable bonds is 7. The fourth-order valence-corrected chi connectivity index (χ4v) is 7.88. The first-order valence-corrected chi connectivity index (χ1v) is 14.9. The van der Waals surface area contributed by atoms with E-state index < -0.39 is 23.1 Å². The molecule has 11 heteroatoms. The Morgan fingerprint density at radius 2 is 1.76 bits per heavy atom. The number of thiazole rings is 1. The van der Waals surface area contributed by atoms with Crippen LogP contribution in [0.4, 0.5) is 5.69 Å². The molecule has 2 aliphatic heterocycles. The van der Waals surface area contributed by atoms with Crippen molar-refractivity contribution in [2.45, 2.75) is 29.7 Å². The van der Waals surface area contributed by atoms with Gasteiger partial charge in [-0.25, -0.2) is 9.69 Å². The summed E-state index contributed by atoms with van der Waals surface area (Å²) in [4.78, 5) is 56.5. The molecule has 1 fully saturated rings. The van der Waals surface area contributed by atoms with Gasteiger partial charge in [0.05, 0.1) is 28.8 Å². The summed E-state index contributed by atoms with van der Waals surface area (Å²) in [7, 11) is 0. The Kier molecular flexibility index (Phi) is 7.46. The van der Waals surface area contributed by atoms with Crippen molar-refractivity contribution in [3.05, 3.63) is 109 Å². The number of carbonyl (C=O) groups excluding carboxylic acids is 3. The first kappa shape index (κ1) is 27.3. The van der Waals surface area contributed by atoms with E-state index in [2.05, 4.69) is 4.98 Å². The Balaban J connectivity index is 1.29. The molecular formula is C30H23ClN2O6S2. The van der Waals surface area contributed by atoms with E-state index in [1.165, 1.54) is 28.8 Å². The van der Waals surface area contributed by atoms with Crippen molar-refractivity contribution in [1.29, 1.82) is 0 Å². The van der Waals surface area contributed by atoms with Crippen LogP contribution in [0.15, 0.2) is 82.6 Å². The van der Waals surface area contributed by atoms with Crippen LogP contribution in [0.5, 0.6) is 5.75 Å². The normalized spacial score (nSPS) is 19.6. The zero-order valence-electron chi connectivity index (χ0n) is 21.7. The fourth-order valence-electron chi connectivity index (χ4n) is 5.16. The summed E-state index contributed by atoms with van der Waals surface area (Å²) < 4.78 is 11.0. The zero-order valence-corrected chi connectivity index (χ0v) is 24.1. The van der Waals surface area contributed by atoms with Gasteiger partial charge in [-0.15, -0.1) is 0 Å². The minimum atomic E-state index is -0.714. The summed E-state index contributed by atoms with van der Waals surface area (Å²) in [5, 5.41) is 0.522. The van der Waals surface area contributed by atoms with Crippen molar-refractivity contribution < 1.29 is 23.9 Å². The molecule has 3 atom stereocenters. The number of thioether (sulfide) groups is 1. The van der Waals surface area contributed by atoms with E-state index in [4.69, 9.17) is 21.1 Å². The highest BCUT2D eigenvalue weighted by Gasteiger charge is 2.56. The number of ether oxygens (including phenoxy) is 2. The Hall–Kier alpha value is -3.86. The second-order valence-corrected chi connectivity index (χ2v) is 12.1. The monoisotopic (exact) mass is 606 g/mol. The van der Waals surface area contributed by atoms with Crippen LogP contribution >= 0.6 is 34.7 Å². The minimum Gasteiger partial charge on any atom is -0.489 e. The molecule has 208 valence electrons. The van der Waals surface area contributed by atoms with Crippen LogP contribution < -0.4 is 14.5 Å². The van der Waals surface area contributed by atoms with Crippen molar-refractivity contribution in [2.75, 3.05) is 11.5 Å². The summed E-state index contributed by atoms with van der Waals surface area (Å²) in [6, 6.07) is 21.0. The number of H-pyrrole nitrogens is 1. The molecule has 1 N–H and O–H groups in total. The summed E-state index contributed by atoms with van der Waals surface area (Å²) in [6.07, 6.45) is 0. The molecule has 2 aliphatic rings. The van der Waals surface area contributed by atoms with Crippen LogP contribution in [0.2, 0.25) is 5.02 Å². The second kappa shape index (κ2) is 11.2. The molecule has 41 heavy (non-hydrogen) atoms. The van der Waals surface area contributed by atoms with Gasteiger partial charge in [0, 0.05) is 15.8 Å². The Bertz CT molecular complexity index is 1700. The summed E-state index contributed by atoms with van der Waals surface area (Å²) in [5.41, 5.74) is 2.44. The first-order valence-electron chi connectivity index (χ1n) is 12.9. The minimum absolute atomic E-state index is 0.236. The topological polar surface area (TPSA) is 106 Å². The number of halogens is 1. The van der Waals surface area contributed by atoms with Crippen LogP contribution in [0.1, 0.15) is 39.2 Å². The van der Waals surface area contributed by atoms with E-state index in [1.807, 2.05) is 42.5 Å². The molecule has 0 bridgehead atoms. The van der Waals surface area contributed by atoms with Crippen molar-refractivity contribution in [3.8, 4) is 5.75 Å². The molecular weight excluding hydrogens is 584 g/mol. The molecule has 1 saturated heterocycles. The van der Waals surface area contributed by atoms with E-state index in [9.17, 15) is 19.2 Å². The lowest BCUT2D eigenvalue weighted by atomic mass is 9.83. The Labute approximate surface area is 248 Å². The van der Waals surface area contributed by atoms with Crippen LogP contribution in [0.25, 0.3) is 0 Å². The van der Waals surface area contributed by atoms with E-state index in [-0.39, 0.29) is 23.3 Å². The summed E-state index contributed by atoms with van der Waals surface area (Å²) in [6.45, 7) is 2.30. The molecule has 0 aliphatic carbocycles. The number of fused-ring (bicyclic) bond motifs is 2. The number of nitrogens with zero attached hydrogens (tertiary/aromatic N) is 1. The molecule has 0 spiro atoms. The standard InChI is InChI=1S/C30H23ClN2O6S2/c1-2-38-29(36)18-6-10-20(11-7-18)33-27(34)23-22(24-26(32-30(37)41-24)40-25(23)28(33)35)17-8-12-21(13-9-17)39-15-16-4-3-5-19(31)14-16/h3-14,22-23,25H,2,15H2,1H3,(H,32,37). The van der Waals surface area contributed by atoms with Crippen LogP contribution in [0.3, 0.4) is 0 Å². The third-order valence-corrected chi connectivity index (χ3v) is 9.63. The Morgan fingerprint density at radius 3 is 2.46 bits per heavy atom. The molecule has 4 aromatic rings. The van der Waals surface area contributed by atoms with E-state index in [0.717, 1.165) is 27.3 Å². The molecule has 3 aromatic carbocycles. The first-order chi connectivity index (χ1) is 19.8. The van der Waals surface area contributed by atoms with E-state index in [1.54, 1.807) is 25.1 Å². The second-order valence-electron chi connectivity index (χ2n) is 9.52. The fraction of sp³-hybridized carbons (Fsp3) is 0.200. The number of hydrogen-bond donors (Lipinski definition) is 1. The quantitative estimate of drug-likeness (QED) is 0.214. The summed E-state index contributed by atoms with van der Waals surface area (Å²) in [5.74, 6) is -1.77. The van der Waals surface area contributed by atoms with Gasteiger partial charge in [0.1, 0.15) is 17.6 Å². The van der Waals surface area contributed by atoms with Gasteiger partial charge in [-0.2, -0.15) is 0 Å². The number of carbonyl (C=O) groups is 3. The molecule has 3 heterocycles. The van der Waals surface area contributed by atoms with Gasteiger partial charge < -0.3 is 14.5 Å². The number of anilines is 1. The van der Waals surface area contributed by atoms with Gasteiger partial charge in [0.2, 0.25) is 11.8 Å². The van der Waals surface area contributed by atoms with Crippen molar-refractivity contribution in [1.82, 2.24) is 4.98 Å². The number of nitrogens with one attached hydrogen (secondary N) is 1. The predicted molar refractivity (Wildman–Crippen MR) is 157 cm³/mol. The van der Waals surface area contributed by atoms with Gasteiger partial charge in [-0.3, -0.25) is 14.4 Å². The zero-order chi connectivity index (χ0) is 28.7. The maximum Gasteiger partial charge on any atom is 0.338 e. The maximum atomic E-state index is 13.9. The third-order valence-electron chi connectivity index (χ3n) is 6.99. The third kappa shape index (κ3) is 5.18. The molecule has 2 amide bonds. The average Bonchev–Trinajstić information content (AvgIpc) is 3.46. The molecule has 6 rings (SSSR count). The number of esters is 1. The molecule has 3 unspecified atom stereocenters. The van der Waals surface area contributed by atoms with Gasteiger partial charge in [0.25, 0.3) is 0 Å². The SMILES string of the molecule is CCOC(=O)c1ccc(N2C(=O)C3Sc4[nH]c(=O)sc4C(c4ccc(OCc5cccc(Cl)c5)cc4)C3C2=O)cc1. The van der Waals surface area contributed by atoms with Crippen LogP contribution in [0, 0.1) is 5.92 Å². The van der Waals surface area contributed by atoms with Gasteiger partial charge in [0.15, 0.2) is 0 Å². The van der Waals surface area contributed by atoms with Crippen molar-refractivity contribution in [2.24, 2.45) is 5.92 Å². The number of hydrogen-bond acceptors (Lipinski definition) is 8. The number of amides is 2. The number of aromatic nitrogens is 1. The number of benzene rings is 3. The van der Waals surface area contributed by atoms with Gasteiger partial charge in [-0.1, -0.05) is 59.0 Å². The van der Waals surface area contributed by atoms with Gasteiger partial charge in [-0.05, 0) is 66.6 Å².